The minimum Gasteiger partial charge on any atom is -0.377 e. The molecule has 1 aliphatic carbocycles. The van der Waals surface area contributed by atoms with Crippen molar-refractivity contribution in [3.8, 4) is 5.69 Å². The first-order valence-corrected chi connectivity index (χ1v) is 12.2. The van der Waals surface area contributed by atoms with Crippen molar-refractivity contribution in [2.75, 3.05) is 44.3 Å². The number of halogens is 1. The molecule has 0 bridgehead atoms. The maximum absolute atomic E-state index is 12.0. The number of ketones is 1. The van der Waals surface area contributed by atoms with Gasteiger partial charge in [0.1, 0.15) is 11.5 Å². The molecule has 0 radical (unpaired) electrons. The molecule has 174 valence electrons. The van der Waals surface area contributed by atoms with Crippen molar-refractivity contribution in [3.63, 3.8) is 0 Å². The van der Waals surface area contributed by atoms with Gasteiger partial charge in [0.15, 0.2) is 0 Å². The monoisotopic (exact) mass is 468 g/mol. The van der Waals surface area contributed by atoms with E-state index in [1.165, 1.54) is 0 Å². The van der Waals surface area contributed by atoms with E-state index >= 15 is 0 Å². The van der Waals surface area contributed by atoms with Gasteiger partial charge in [-0.3, -0.25) is 14.4 Å². The van der Waals surface area contributed by atoms with Crippen LogP contribution in [-0.2, 0) is 9.53 Å². The maximum atomic E-state index is 12.0. The Morgan fingerprint density at radius 3 is 2.67 bits per heavy atom. The Morgan fingerprint density at radius 2 is 1.97 bits per heavy atom. The third kappa shape index (κ3) is 3.55. The lowest BCUT2D eigenvalue weighted by molar-refractivity contribution is -0.131. The van der Waals surface area contributed by atoms with Crippen LogP contribution in [0, 0.1) is 5.92 Å². The molecule has 9 heteroatoms. The van der Waals surface area contributed by atoms with Crippen molar-refractivity contribution in [2.45, 2.75) is 38.3 Å². The number of nitrogens with zero attached hydrogens (tertiary/aromatic N) is 6. The Bertz CT molecular complexity index is 1210. The Hall–Kier alpha value is -2.42. The summed E-state index contributed by atoms with van der Waals surface area (Å²) in [6.07, 6.45) is 7.13. The van der Waals surface area contributed by atoms with E-state index in [0.29, 0.717) is 12.2 Å². The predicted octanol–water partition coefficient (Wildman–Crippen LogP) is 3.33. The molecule has 3 aromatic rings. The highest BCUT2D eigenvalue weighted by Crippen LogP contribution is 2.44. The largest absolute Gasteiger partial charge is 0.377 e. The first-order valence-electron chi connectivity index (χ1n) is 11.8. The number of piperazine rings is 1. The van der Waals surface area contributed by atoms with Gasteiger partial charge in [-0.2, -0.15) is 10.2 Å². The molecule has 0 spiro atoms. The molecule has 2 aliphatic heterocycles. The number of Topliss-reactive ketones (excluding diaryl/α,β-unsaturated/α-hetero) is 1. The fraction of sp³-hybridized carbons (Fsp3) is 0.542. The maximum Gasteiger partial charge on any atom is 0.137 e. The molecule has 0 N–H and O–H groups in total. The summed E-state index contributed by atoms with van der Waals surface area (Å²) in [5.41, 5.74) is 3.13. The van der Waals surface area contributed by atoms with Gasteiger partial charge in [0.2, 0.25) is 0 Å². The van der Waals surface area contributed by atoms with Crippen molar-refractivity contribution < 1.29 is 9.53 Å². The molecule has 2 aromatic heterocycles. The van der Waals surface area contributed by atoms with E-state index in [1.54, 1.807) is 0 Å². The van der Waals surface area contributed by atoms with Crippen molar-refractivity contribution in [3.05, 3.63) is 35.7 Å². The Morgan fingerprint density at radius 1 is 1.18 bits per heavy atom. The van der Waals surface area contributed by atoms with E-state index in [4.69, 9.17) is 16.3 Å². The fourth-order valence-electron chi connectivity index (χ4n) is 5.25. The summed E-state index contributed by atoms with van der Waals surface area (Å²) in [6, 6.07) is 4.33. The Kier molecular flexibility index (Phi) is 5.01. The van der Waals surface area contributed by atoms with Crippen LogP contribution in [0.15, 0.2) is 30.7 Å². The number of ether oxygens (including phenoxy) is 1. The number of anilines is 1. The first kappa shape index (κ1) is 21.1. The van der Waals surface area contributed by atoms with Crippen LogP contribution in [0.1, 0.15) is 32.7 Å². The lowest BCUT2D eigenvalue weighted by Gasteiger charge is -2.50. The number of rotatable bonds is 6. The van der Waals surface area contributed by atoms with E-state index in [2.05, 4.69) is 33.0 Å². The van der Waals surface area contributed by atoms with Crippen LogP contribution >= 0.6 is 11.6 Å². The second-order valence-corrected chi connectivity index (χ2v) is 10.2. The molecular formula is C24H29ClN6O2. The van der Waals surface area contributed by atoms with Gasteiger partial charge >= 0.3 is 0 Å². The highest BCUT2D eigenvalue weighted by Gasteiger charge is 2.44. The van der Waals surface area contributed by atoms with Gasteiger partial charge in [-0.25, -0.2) is 4.68 Å². The Labute approximate surface area is 198 Å². The van der Waals surface area contributed by atoms with Gasteiger partial charge in [-0.1, -0.05) is 18.5 Å². The van der Waals surface area contributed by atoms with Crippen molar-refractivity contribution in [1.29, 1.82) is 0 Å². The van der Waals surface area contributed by atoms with Gasteiger partial charge in [0.05, 0.1) is 59.6 Å². The van der Waals surface area contributed by atoms with Crippen LogP contribution in [0.3, 0.4) is 0 Å². The van der Waals surface area contributed by atoms with Crippen LogP contribution in [0.2, 0.25) is 5.02 Å². The molecule has 3 aliphatic rings. The summed E-state index contributed by atoms with van der Waals surface area (Å²) in [4.78, 5) is 16.9. The van der Waals surface area contributed by atoms with E-state index < -0.39 is 0 Å². The second-order valence-electron chi connectivity index (χ2n) is 9.79. The van der Waals surface area contributed by atoms with E-state index in [1.807, 2.05) is 40.9 Å². The van der Waals surface area contributed by atoms with E-state index in [0.717, 1.165) is 73.1 Å². The SMILES string of the molecule is CCC(=O)C1CC1n1cc(-n2ncc3cc(Cl)c(N4CCN(C5(C)COC5)CC4)cc32)cn1. The Balaban J connectivity index is 1.24. The molecule has 2 atom stereocenters. The smallest absolute Gasteiger partial charge is 0.137 e. The highest BCUT2D eigenvalue weighted by atomic mass is 35.5. The molecule has 4 heterocycles. The molecule has 6 rings (SSSR count). The van der Waals surface area contributed by atoms with Gasteiger partial charge in [-0.05, 0) is 25.5 Å². The van der Waals surface area contributed by atoms with Crippen LogP contribution in [0.4, 0.5) is 5.69 Å². The zero-order chi connectivity index (χ0) is 22.7. The standard InChI is InChI=1S/C24H29ClN6O2/c1-3-23(32)18-9-21(18)30-13-17(12-26-30)31-20-10-22(19(25)8-16(20)11-27-31)28-4-6-29(7-5-28)24(2)14-33-15-24/h8,10-13,18,21H,3-7,9,14-15H2,1-2H3. The predicted molar refractivity (Wildman–Crippen MR) is 127 cm³/mol. The van der Waals surface area contributed by atoms with Crippen LogP contribution in [0.25, 0.3) is 16.6 Å². The lowest BCUT2D eigenvalue weighted by atomic mass is 9.97. The first-order chi connectivity index (χ1) is 16.0. The zero-order valence-electron chi connectivity index (χ0n) is 19.1. The lowest BCUT2D eigenvalue weighted by Crippen LogP contribution is -2.64. The number of hydrogen-bond acceptors (Lipinski definition) is 6. The number of aromatic nitrogens is 4. The molecule has 2 unspecified atom stereocenters. The molecule has 2 saturated heterocycles. The summed E-state index contributed by atoms with van der Waals surface area (Å²) in [5, 5.41) is 10.9. The van der Waals surface area contributed by atoms with Gasteiger partial charge in [0, 0.05) is 43.9 Å². The normalized spacial score (nSPS) is 24.8. The number of carbonyl (C=O) groups is 1. The van der Waals surface area contributed by atoms with Crippen molar-refractivity contribution in [2.24, 2.45) is 5.92 Å². The highest BCUT2D eigenvalue weighted by molar-refractivity contribution is 6.34. The van der Waals surface area contributed by atoms with Crippen LogP contribution < -0.4 is 4.90 Å². The van der Waals surface area contributed by atoms with Gasteiger partial charge in [0.25, 0.3) is 0 Å². The minimum absolute atomic E-state index is 0.106. The average Bonchev–Trinajstić information content (AvgIpc) is 3.27. The minimum atomic E-state index is 0.106. The molecule has 0 amide bonds. The molecule has 1 aromatic carbocycles. The quantitative estimate of drug-likeness (QED) is 0.552. The summed E-state index contributed by atoms with van der Waals surface area (Å²) in [7, 11) is 0. The summed E-state index contributed by atoms with van der Waals surface area (Å²) in [5.74, 6) is 0.426. The van der Waals surface area contributed by atoms with Crippen LogP contribution in [-0.4, -0.2) is 75.2 Å². The molecule has 1 saturated carbocycles. The molecule has 8 nitrogen and oxygen atoms in total. The van der Waals surface area contributed by atoms with Crippen molar-refractivity contribution >= 4 is 34.0 Å². The third-order valence-corrected chi connectivity index (χ3v) is 7.84. The topological polar surface area (TPSA) is 68.4 Å². The number of fused-ring (bicyclic) bond motifs is 1. The number of benzene rings is 1. The second kappa shape index (κ2) is 7.82. The number of carbonyl (C=O) groups excluding carboxylic acids is 1. The number of hydrogen-bond donors (Lipinski definition) is 0. The van der Waals surface area contributed by atoms with Gasteiger partial charge < -0.3 is 9.64 Å². The summed E-state index contributed by atoms with van der Waals surface area (Å²) < 4.78 is 9.29. The summed E-state index contributed by atoms with van der Waals surface area (Å²) in [6.45, 7) is 9.71. The molecule has 33 heavy (non-hydrogen) atoms. The molecule has 3 fully saturated rings. The van der Waals surface area contributed by atoms with Crippen molar-refractivity contribution in [1.82, 2.24) is 24.5 Å². The van der Waals surface area contributed by atoms with E-state index in [9.17, 15) is 4.79 Å². The summed E-state index contributed by atoms with van der Waals surface area (Å²) >= 11 is 6.71. The third-order valence-electron chi connectivity index (χ3n) is 7.54. The van der Waals surface area contributed by atoms with E-state index in [-0.39, 0.29) is 17.5 Å². The van der Waals surface area contributed by atoms with Gasteiger partial charge in [-0.15, -0.1) is 0 Å². The fourth-order valence-corrected chi connectivity index (χ4v) is 5.54. The zero-order valence-corrected chi connectivity index (χ0v) is 19.8. The van der Waals surface area contributed by atoms with Crippen LogP contribution in [0.5, 0.6) is 0 Å². The molecular weight excluding hydrogens is 440 g/mol. The average molecular weight is 469 g/mol.